The quantitative estimate of drug-likeness (QED) is 0.714. The van der Waals surface area contributed by atoms with Gasteiger partial charge in [-0.25, -0.2) is 0 Å². The maximum atomic E-state index is 12.7. The Morgan fingerprint density at radius 3 is 2.77 bits per heavy atom. The number of hydrogen-bond donors (Lipinski definition) is 3. The Bertz CT molecular complexity index is 783. The molecule has 1 amide bonds. The molecule has 0 spiro atoms. The van der Waals surface area contributed by atoms with Gasteiger partial charge in [0, 0.05) is 24.2 Å². The second-order valence-electron chi connectivity index (χ2n) is 8.06. The van der Waals surface area contributed by atoms with Crippen LogP contribution >= 0.6 is 0 Å². The predicted molar refractivity (Wildman–Crippen MR) is 103 cm³/mol. The summed E-state index contributed by atoms with van der Waals surface area (Å²) in [5, 5.41) is 13.8. The van der Waals surface area contributed by atoms with Crippen molar-refractivity contribution in [2.75, 3.05) is 31.9 Å². The number of aryl methyl sites for hydroxylation is 1. The number of benzene rings is 1. The molecule has 1 aliphatic rings. The van der Waals surface area contributed by atoms with Crippen LogP contribution in [0, 0.1) is 12.8 Å². The number of nitrogens with zero attached hydrogens (tertiary/aromatic N) is 1. The first-order valence-corrected chi connectivity index (χ1v) is 9.24. The second kappa shape index (κ2) is 7.29. The SMILES string of the molecule is Cc1cc(C(=O)NCC2CCN(CC(C)(C)O)CC2)c2occc2c1N. The summed E-state index contributed by atoms with van der Waals surface area (Å²) in [5.41, 5.74) is 8.02. The largest absolute Gasteiger partial charge is 0.463 e. The lowest BCUT2D eigenvalue weighted by molar-refractivity contribution is 0.0245. The summed E-state index contributed by atoms with van der Waals surface area (Å²) < 4.78 is 5.49. The normalized spacial score (nSPS) is 16.9. The molecule has 26 heavy (non-hydrogen) atoms. The van der Waals surface area contributed by atoms with E-state index in [9.17, 15) is 9.90 Å². The molecule has 1 fully saturated rings. The number of aliphatic hydroxyl groups is 1. The van der Waals surface area contributed by atoms with Gasteiger partial charge >= 0.3 is 0 Å². The van der Waals surface area contributed by atoms with Crippen LogP contribution in [0.2, 0.25) is 0 Å². The van der Waals surface area contributed by atoms with Crippen molar-refractivity contribution in [3.8, 4) is 0 Å². The highest BCUT2D eigenvalue weighted by Crippen LogP contribution is 2.29. The first-order chi connectivity index (χ1) is 12.2. The van der Waals surface area contributed by atoms with E-state index in [1.165, 1.54) is 0 Å². The minimum absolute atomic E-state index is 0.119. The van der Waals surface area contributed by atoms with Crippen molar-refractivity contribution in [1.82, 2.24) is 10.2 Å². The molecule has 142 valence electrons. The zero-order valence-corrected chi connectivity index (χ0v) is 15.8. The number of furan rings is 1. The van der Waals surface area contributed by atoms with E-state index in [2.05, 4.69) is 10.2 Å². The monoisotopic (exact) mass is 359 g/mol. The number of anilines is 1. The van der Waals surface area contributed by atoms with Gasteiger partial charge in [-0.1, -0.05) is 0 Å². The summed E-state index contributed by atoms with van der Waals surface area (Å²) in [6.07, 6.45) is 3.61. The molecule has 1 aliphatic heterocycles. The van der Waals surface area contributed by atoms with Crippen LogP contribution in [0.1, 0.15) is 42.6 Å². The number of piperidine rings is 1. The standard InChI is InChI=1S/C20H29N3O3/c1-13-10-16(18-15(17(13)21)6-9-26-18)19(24)22-11-14-4-7-23(8-5-14)12-20(2,3)25/h6,9-10,14,25H,4-5,7-8,11-12,21H2,1-3H3,(H,22,24). The van der Waals surface area contributed by atoms with Crippen molar-refractivity contribution in [2.24, 2.45) is 5.92 Å². The zero-order chi connectivity index (χ0) is 18.9. The van der Waals surface area contributed by atoms with E-state index >= 15 is 0 Å². The molecule has 0 unspecified atom stereocenters. The highest BCUT2D eigenvalue weighted by Gasteiger charge is 2.24. The van der Waals surface area contributed by atoms with E-state index < -0.39 is 5.60 Å². The van der Waals surface area contributed by atoms with Gasteiger partial charge in [-0.05, 0) is 70.3 Å². The molecule has 0 radical (unpaired) electrons. The average molecular weight is 359 g/mol. The van der Waals surface area contributed by atoms with Gasteiger partial charge in [0.15, 0.2) is 0 Å². The molecule has 0 aliphatic carbocycles. The third kappa shape index (κ3) is 4.19. The number of hydrogen-bond acceptors (Lipinski definition) is 5. The summed E-state index contributed by atoms with van der Waals surface area (Å²) >= 11 is 0. The Morgan fingerprint density at radius 1 is 1.42 bits per heavy atom. The molecule has 4 N–H and O–H groups in total. The van der Waals surface area contributed by atoms with E-state index in [-0.39, 0.29) is 5.91 Å². The van der Waals surface area contributed by atoms with Gasteiger partial charge in [-0.15, -0.1) is 0 Å². The fourth-order valence-corrected chi connectivity index (χ4v) is 3.70. The third-order valence-electron chi connectivity index (χ3n) is 5.10. The van der Waals surface area contributed by atoms with Crippen molar-refractivity contribution in [3.05, 3.63) is 29.5 Å². The maximum Gasteiger partial charge on any atom is 0.255 e. The average Bonchev–Trinajstić information content (AvgIpc) is 3.06. The van der Waals surface area contributed by atoms with Gasteiger partial charge in [0.25, 0.3) is 5.91 Å². The number of amides is 1. The second-order valence-corrected chi connectivity index (χ2v) is 8.06. The molecular formula is C20H29N3O3. The van der Waals surface area contributed by atoms with Gasteiger partial charge in [-0.2, -0.15) is 0 Å². The molecule has 0 bridgehead atoms. The lowest BCUT2D eigenvalue weighted by Gasteiger charge is -2.35. The van der Waals surface area contributed by atoms with Crippen LogP contribution in [-0.4, -0.2) is 47.7 Å². The minimum Gasteiger partial charge on any atom is -0.463 e. The highest BCUT2D eigenvalue weighted by molar-refractivity contribution is 6.08. The smallest absolute Gasteiger partial charge is 0.255 e. The Hall–Kier alpha value is -2.05. The summed E-state index contributed by atoms with van der Waals surface area (Å²) in [6, 6.07) is 3.59. The van der Waals surface area contributed by atoms with Gasteiger partial charge in [0.1, 0.15) is 5.58 Å². The lowest BCUT2D eigenvalue weighted by atomic mass is 9.95. The summed E-state index contributed by atoms with van der Waals surface area (Å²) in [5.74, 6) is 0.339. The number of likely N-dealkylation sites (tertiary alicyclic amines) is 1. The number of β-amino-alcohol motifs (C(OH)–C–C–N with tert-alkyl or cyclic N) is 1. The summed E-state index contributed by atoms with van der Waals surface area (Å²) in [4.78, 5) is 14.9. The van der Waals surface area contributed by atoms with Crippen molar-refractivity contribution in [3.63, 3.8) is 0 Å². The predicted octanol–water partition coefficient (Wildman–Crippen LogP) is 2.54. The highest BCUT2D eigenvalue weighted by atomic mass is 16.3. The number of fused-ring (bicyclic) bond motifs is 1. The fourth-order valence-electron chi connectivity index (χ4n) is 3.70. The zero-order valence-electron chi connectivity index (χ0n) is 15.8. The van der Waals surface area contributed by atoms with Crippen molar-refractivity contribution in [2.45, 2.75) is 39.2 Å². The van der Waals surface area contributed by atoms with E-state index in [1.54, 1.807) is 18.4 Å². The van der Waals surface area contributed by atoms with Gasteiger partial charge in [-0.3, -0.25) is 4.79 Å². The van der Waals surface area contributed by atoms with Crippen LogP contribution < -0.4 is 11.1 Å². The van der Waals surface area contributed by atoms with Crippen LogP contribution in [0.15, 0.2) is 22.8 Å². The number of nitrogens with one attached hydrogen (secondary N) is 1. The molecule has 1 aromatic heterocycles. The first kappa shape index (κ1) is 18.7. The third-order valence-corrected chi connectivity index (χ3v) is 5.10. The maximum absolute atomic E-state index is 12.7. The minimum atomic E-state index is -0.664. The molecule has 0 atom stereocenters. The first-order valence-electron chi connectivity index (χ1n) is 9.24. The van der Waals surface area contributed by atoms with Crippen molar-refractivity contribution in [1.29, 1.82) is 0 Å². The number of nitrogens with two attached hydrogens (primary N) is 1. The van der Waals surface area contributed by atoms with Crippen LogP contribution in [0.3, 0.4) is 0 Å². The molecule has 6 heteroatoms. The Labute approximate surface area is 154 Å². The van der Waals surface area contributed by atoms with Gasteiger partial charge < -0.3 is 25.5 Å². The number of carbonyl (C=O) groups excluding carboxylic acids is 1. The number of carbonyl (C=O) groups is 1. The summed E-state index contributed by atoms with van der Waals surface area (Å²) in [7, 11) is 0. The van der Waals surface area contributed by atoms with Gasteiger partial charge in [0.05, 0.1) is 17.4 Å². The molecule has 1 aromatic carbocycles. The van der Waals surface area contributed by atoms with Crippen LogP contribution in [-0.2, 0) is 0 Å². The molecule has 6 nitrogen and oxygen atoms in total. The van der Waals surface area contributed by atoms with Crippen LogP contribution in [0.4, 0.5) is 5.69 Å². The van der Waals surface area contributed by atoms with Crippen molar-refractivity contribution < 1.29 is 14.3 Å². The molecule has 2 aromatic rings. The Morgan fingerprint density at radius 2 is 2.12 bits per heavy atom. The molecule has 1 saturated heterocycles. The van der Waals surface area contributed by atoms with E-state index in [1.807, 2.05) is 20.8 Å². The van der Waals surface area contributed by atoms with Crippen LogP contribution in [0.25, 0.3) is 11.0 Å². The Kier molecular flexibility index (Phi) is 5.25. The van der Waals surface area contributed by atoms with E-state index in [0.717, 1.165) is 36.9 Å². The lowest BCUT2D eigenvalue weighted by Crippen LogP contribution is -2.44. The molecule has 0 saturated carbocycles. The molecule has 2 heterocycles. The number of nitrogen functional groups attached to an aromatic ring is 1. The van der Waals surface area contributed by atoms with E-state index in [4.69, 9.17) is 10.2 Å². The van der Waals surface area contributed by atoms with Crippen molar-refractivity contribution >= 4 is 22.6 Å². The van der Waals surface area contributed by atoms with Crippen LogP contribution in [0.5, 0.6) is 0 Å². The van der Waals surface area contributed by atoms with E-state index in [0.29, 0.717) is 35.8 Å². The fraction of sp³-hybridized carbons (Fsp3) is 0.550. The summed E-state index contributed by atoms with van der Waals surface area (Å²) in [6.45, 7) is 8.82. The van der Waals surface area contributed by atoms with Gasteiger partial charge in [0.2, 0.25) is 0 Å². The number of rotatable bonds is 5. The molecule has 3 rings (SSSR count). The topological polar surface area (TPSA) is 91.7 Å². The Balaban J connectivity index is 1.57. The molecular weight excluding hydrogens is 330 g/mol.